The quantitative estimate of drug-likeness (QED) is 0.548. The van der Waals surface area contributed by atoms with E-state index in [1.807, 2.05) is 29.7 Å². The lowest BCUT2D eigenvalue weighted by atomic mass is 10.0. The van der Waals surface area contributed by atoms with Crippen LogP contribution in [0.25, 0.3) is 28.2 Å². The van der Waals surface area contributed by atoms with Crippen LogP contribution in [0.4, 0.5) is 4.39 Å². The minimum atomic E-state index is -0.325. The SMILES string of the molecule is Cc1ccc(F)c(-c2ncoc2-c2ccc3nnc(C(C)C)n3c2)c1. The number of hydrogen-bond donors (Lipinski definition) is 0. The molecule has 3 heterocycles. The van der Waals surface area contributed by atoms with E-state index in [2.05, 4.69) is 29.0 Å². The second kappa shape index (κ2) is 5.81. The van der Waals surface area contributed by atoms with Crippen molar-refractivity contribution in [3.63, 3.8) is 0 Å². The van der Waals surface area contributed by atoms with Crippen LogP contribution in [0.1, 0.15) is 31.2 Å². The summed E-state index contributed by atoms with van der Waals surface area (Å²) in [6, 6.07) is 8.70. The standard InChI is InChI=1S/C19H17FN4O/c1-11(2)19-23-22-16-7-5-13(9-24(16)19)18-17(21-10-25-18)14-8-12(3)4-6-15(14)20/h4-11H,1-3H3. The normalized spacial score (nSPS) is 11.6. The second-order valence-electron chi connectivity index (χ2n) is 6.37. The van der Waals surface area contributed by atoms with Crippen molar-refractivity contribution in [1.82, 2.24) is 19.6 Å². The number of pyridine rings is 1. The molecule has 0 fully saturated rings. The van der Waals surface area contributed by atoms with Crippen LogP contribution < -0.4 is 0 Å². The number of rotatable bonds is 3. The van der Waals surface area contributed by atoms with Crippen molar-refractivity contribution in [1.29, 1.82) is 0 Å². The van der Waals surface area contributed by atoms with Gasteiger partial charge in [0.1, 0.15) is 17.3 Å². The highest BCUT2D eigenvalue weighted by atomic mass is 19.1. The maximum atomic E-state index is 14.3. The molecule has 0 bridgehead atoms. The van der Waals surface area contributed by atoms with E-state index in [9.17, 15) is 4.39 Å². The third-order valence-corrected chi connectivity index (χ3v) is 4.15. The number of aromatic nitrogens is 4. The van der Waals surface area contributed by atoms with Crippen molar-refractivity contribution in [2.24, 2.45) is 0 Å². The molecule has 0 aliphatic heterocycles. The van der Waals surface area contributed by atoms with Crippen LogP contribution >= 0.6 is 0 Å². The van der Waals surface area contributed by atoms with Gasteiger partial charge in [0.25, 0.3) is 0 Å². The van der Waals surface area contributed by atoms with E-state index in [4.69, 9.17) is 4.42 Å². The zero-order chi connectivity index (χ0) is 17.6. The van der Waals surface area contributed by atoms with Gasteiger partial charge in [0, 0.05) is 23.2 Å². The summed E-state index contributed by atoms with van der Waals surface area (Å²) < 4.78 is 21.8. The lowest BCUT2D eigenvalue weighted by Gasteiger charge is -2.07. The number of fused-ring (bicyclic) bond motifs is 1. The molecule has 0 saturated heterocycles. The van der Waals surface area contributed by atoms with Crippen molar-refractivity contribution in [2.75, 3.05) is 0 Å². The van der Waals surface area contributed by atoms with Crippen molar-refractivity contribution in [3.8, 4) is 22.6 Å². The van der Waals surface area contributed by atoms with Gasteiger partial charge in [-0.1, -0.05) is 25.5 Å². The number of aryl methyl sites for hydroxylation is 1. The zero-order valence-corrected chi connectivity index (χ0v) is 14.2. The fraction of sp³-hybridized carbons (Fsp3) is 0.211. The largest absolute Gasteiger partial charge is 0.443 e. The molecule has 4 aromatic rings. The molecule has 126 valence electrons. The van der Waals surface area contributed by atoms with Crippen LogP contribution in [0.2, 0.25) is 0 Å². The Morgan fingerprint density at radius 2 is 1.96 bits per heavy atom. The summed E-state index contributed by atoms with van der Waals surface area (Å²) in [4.78, 5) is 4.24. The highest BCUT2D eigenvalue weighted by Crippen LogP contribution is 2.33. The lowest BCUT2D eigenvalue weighted by molar-refractivity contribution is 0.571. The van der Waals surface area contributed by atoms with Crippen LogP contribution in [-0.4, -0.2) is 19.6 Å². The Morgan fingerprint density at radius 1 is 1.12 bits per heavy atom. The average Bonchev–Trinajstić information content (AvgIpc) is 3.22. The monoisotopic (exact) mass is 336 g/mol. The maximum absolute atomic E-state index is 14.3. The van der Waals surface area contributed by atoms with Crippen LogP contribution in [0.5, 0.6) is 0 Å². The van der Waals surface area contributed by atoms with Gasteiger partial charge in [0.2, 0.25) is 0 Å². The second-order valence-corrected chi connectivity index (χ2v) is 6.37. The van der Waals surface area contributed by atoms with Gasteiger partial charge in [-0.3, -0.25) is 4.40 Å². The molecular weight excluding hydrogens is 319 g/mol. The van der Waals surface area contributed by atoms with E-state index < -0.39 is 0 Å². The van der Waals surface area contributed by atoms with Crippen molar-refractivity contribution >= 4 is 5.65 Å². The maximum Gasteiger partial charge on any atom is 0.182 e. The summed E-state index contributed by atoms with van der Waals surface area (Å²) >= 11 is 0. The third kappa shape index (κ3) is 2.59. The van der Waals surface area contributed by atoms with Gasteiger partial charge >= 0.3 is 0 Å². The summed E-state index contributed by atoms with van der Waals surface area (Å²) in [5.74, 6) is 1.29. The average molecular weight is 336 g/mol. The van der Waals surface area contributed by atoms with E-state index in [1.165, 1.54) is 12.5 Å². The number of hydrogen-bond acceptors (Lipinski definition) is 4. The minimum Gasteiger partial charge on any atom is -0.443 e. The molecule has 6 heteroatoms. The third-order valence-electron chi connectivity index (χ3n) is 4.15. The van der Waals surface area contributed by atoms with Gasteiger partial charge in [0.15, 0.2) is 17.8 Å². The summed E-state index contributed by atoms with van der Waals surface area (Å²) in [5.41, 5.74) is 3.43. The number of nitrogens with zero attached hydrogens (tertiary/aromatic N) is 4. The molecule has 0 aliphatic rings. The topological polar surface area (TPSA) is 56.2 Å². The molecule has 0 radical (unpaired) electrons. The molecule has 0 saturated carbocycles. The van der Waals surface area contributed by atoms with E-state index in [0.29, 0.717) is 17.0 Å². The molecule has 1 aromatic carbocycles. The highest BCUT2D eigenvalue weighted by Gasteiger charge is 2.18. The summed E-state index contributed by atoms with van der Waals surface area (Å²) in [7, 11) is 0. The van der Waals surface area contributed by atoms with Crippen LogP contribution in [0.3, 0.4) is 0 Å². The van der Waals surface area contributed by atoms with Crippen LogP contribution in [0, 0.1) is 12.7 Å². The highest BCUT2D eigenvalue weighted by molar-refractivity contribution is 5.77. The number of benzene rings is 1. The van der Waals surface area contributed by atoms with Crippen molar-refractivity contribution in [3.05, 3.63) is 60.1 Å². The first-order chi connectivity index (χ1) is 12.0. The van der Waals surface area contributed by atoms with Gasteiger partial charge in [-0.05, 0) is 31.2 Å². The zero-order valence-electron chi connectivity index (χ0n) is 14.2. The smallest absolute Gasteiger partial charge is 0.182 e. The molecule has 25 heavy (non-hydrogen) atoms. The van der Waals surface area contributed by atoms with Crippen molar-refractivity contribution in [2.45, 2.75) is 26.7 Å². The molecule has 0 amide bonds. The lowest BCUT2D eigenvalue weighted by Crippen LogP contribution is -1.97. The fourth-order valence-electron chi connectivity index (χ4n) is 2.90. The fourth-order valence-corrected chi connectivity index (χ4v) is 2.90. The predicted octanol–water partition coefficient (Wildman–Crippen LogP) is 4.62. The molecule has 3 aromatic heterocycles. The van der Waals surface area contributed by atoms with E-state index in [-0.39, 0.29) is 11.7 Å². The van der Waals surface area contributed by atoms with Gasteiger partial charge < -0.3 is 4.42 Å². The van der Waals surface area contributed by atoms with Gasteiger partial charge in [-0.25, -0.2) is 9.37 Å². The van der Waals surface area contributed by atoms with Crippen molar-refractivity contribution < 1.29 is 8.81 Å². The minimum absolute atomic E-state index is 0.230. The molecule has 0 atom stereocenters. The van der Waals surface area contributed by atoms with Gasteiger partial charge in [-0.15, -0.1) is 10.2 Å². The Bertz CT molecular complexity index is 1060. The molecule has 0 spiro atoms. The van der Waals surface area contributed by atoms with E-state index in [1.54, 1.807) is 12.1 Å². The first-order valence-corrected chi connectivity index (χ1v) is 8.09. The Hall–Kier alpha value is -3.02. The number of halogens is 1. The number of oxazole rings is 1. The van der Waals surface area contributed by atoms with Gasteiger partial charge in [0.05, 0.1) is 0 Å². The molecule has 0 N–H and O–H groups in total. The first kappa shape index (κ1) is 15.5. The Kier molecular flexibility index (Phi) is 3.60. The van der Waals surface area contributed by atoms with E-state index in [0.717, 1.165) is 22.6 Å². The predicted molar refractivity (Wildman–Crippen MR) is 92.7 cm³/mol. The Morgan fingerprint density at radius 3 is 2.76 bits per heavy atom. The van der Waals surface area contributed by atoms with E-state index >= 15 is 0 Å². The van der Waals surface area contributed by atoms with Gasteiger partial charge in [-0.2, -0.15) is 0 Å². The molecule has 0 unspecified atom stereocenters. The Balaban J connectivity index is 1.89. The molecule has 4 rings (SSSR count). The first-order valence-electron chi connectivity index (χ1n) is 8.09. The molecule has 5 nitrogen and oxygen atoms in total. The molecular formula is C19H17FN4O. The summed E-state index contributed by atoms with van der Waals surface area (Å²) in [6.07, 6.45) is 3.24. The van der Waals surface area contributed by atoms with Crippen LogP contribution in [0.15, 0.2) is 47.3 Å². The summed E-state index contributed by atoms with van der Waals surface area (Å²) in [6.45, 7) is 6.04. The van der Waals surface area contributed by atoms with Crippen LogP contribution in [-0.2, 0) is 0 Å². The summed E-state index contributed by atoms with van der Waals surface area (Å²) in [5, 5.41) is 8.41. The Labute approximate surface area is 144 Å². The molecule has 0 aliphatic carbocycles.